The first-order chi connectivity index (χ1) is 9.69. The van der Waals surface area contributed by atoms with E-state index in [0.717, 1.165) is 6.42 Å². The van der Waals surface area contributed by atoms with Gasteiger partial charge in [0.2, 0.25) is 0 Å². The summed E-state index contributed by atoms with van der Waals surface area (Å²) < 4.78 is 10.4. The fourth-order valence-electron chi connectivity index (χ4n) is 1.71. The summed E-state index contributed by atoms with van der Waals surface area (Å²) in [4.78, 5) is 22.5. The molecule has 1 saturated carbocycles. The van der Waals surface area contributed by atoms with Gasteiger partial charge in [0.15, 0.2) is 6.10 Å². The monoisotopic (exact) mass is 303 g/mol. The predicted molar refractivity (Wildman–Crippen MR) is 75.0 cm³/mol. The molecule has 0 bridgehead atoms. The minimum Gasteiger partial charge on any atom is -0.479 e. The van der Waals surface area contributed by atoms with Crippen molar-refractivity contribution in [3.05, 3.63) is 0 Å². The van der Waals surface area contributed by atoms with Crippen LogP contribution in [-0.2, 0) is 14.3 Å². The molecule has 0 heterocycles. The van der Waals surface area contributed by atoms with Crippen molar-refractivity contribution < 1.29 is 29.3 Å². The Morgan fingerprint density at radius 2 is 1.95 bits per heavy atom. The zero-order chi connectivity index (χ0) is 16.0. The number of carboxylic acid groups (broad SMARTS) is 1. The summed E-state index contributed by atoms with van der Waals surface area (Å²) in [5.41, 5.74) is -0.699. The fraction of sp³-hybridized carbons (Fsp3) is 0.857. The molecule has 0 spiro atoms. The average Bonchev–Trinajstić information content (AvgIpc) is 3.13. The van der Waals surface area contributed by atoms with Gasteiger partial charge < -0.3 is 25.0 Å². The number of hydrogen-bond acceptors (Lipinski definition) is 5. The lowest BCUT2D eigenvalue weighted by Crippen LogP contribution is -2.50. The Morgan fingerprint density at radius 3 is 2.43 bits per heavy atom. The predicted octanol–water partition coefficient (Wildman–Crippen LogP) is 1.14. The number of ether oxygens (including phenoxy) is 2. The Morgan fingerprint density at radius 1 is 1.33 bits per heavy atom. The topological polar surface area (TPSA) is 105 Å². The van der Waals surface area contributed by atoms with Crippen LogP contribution in [0.5, 0.6) is 0 Å². The van der Waals surface area contributed by atoms with Crippen LogP contribution in [0.3, 0.4) is 0 Å². The van der Waals surface area contributed by atoms with Crippen LogP contribution in [0.25, 0.3) is 0 Å². The minimum atomic E-state index is -1.74. The van der Waals surface area contributed by atoms with E-state index in [-0.39, 0.29) is 6.61 Å². The van der Waals surface area contributed by atoms with Crippen molar-refractivity contribution in [2.24, 2.45) is 5.92 Å². The number of carboxylic acids is 1. The van der Waals surface area contributed by atoms with E-state index in [9.17, 15) is 14.7 Å². The van der Waals surface area contributed by atoms with E-state index < -0.39 is 29.8 Å². The number of aliphatic carboxylic acids is 1. The van der Waals surface area contributed by atoms with E-state index in [2.05, 4.69) is 5.32 Å². The highest BCUT2D eigenvalue weighted by atomic mass is 16.6. The largest absolute Gasteiger partial charge is 0.479 e. The Kier molecular flexibility index (Phi) is 6.42. The van der Waals surface area contributed by atoms with Gasteiger partial charge in [0, 0.05) is 6.61 Å². The average molecular weight is 303 g/mol. The van der Waals surface area contributed by atoms with Crippen LogP contribution in [-0.4, -0.2) is 53.2 Å². The maximum atomic E-state index is 11.7. The number of aliphatic hydroxyl groups is 1. The smallest absolute Gasteiger partial charge is 0.408 e. The SMILES string of the molecule is CC(C)(C)OC(=O)N[C@@H](COCCC1CC1)C(O)C(=O)O. The molecule has 1 aliphatic rings. The molecule has 7 nitrogen and oxygen atoms in total. The molecule has 21 heavy (non-hydrogen) atoms. The summed E-state index contributed by atoms with van der Waals surface area (Å²) in [5.74, 6) is -0.714. The first kappa shape index (κ1) is 17.7. The van der Waals surface area contributed by atoms with E-state index >= 15 is 0 Å². The van der Waals surface area contributed by atoms with Gasteiger partial charge >= 0.3 is 12.1 Å². The molecule has 0 aliphatic heterocycles. The lowest BCUT2D eigenvalue weighted by atomic mass is 10.1. The zero-order valence-electron chi connectivity index (χ0n) is 12.8. The molecule has 7 heteroatoms. The molecule has 1 aliphatic carbocycles. The lowest BCUT2D eigenvalue weighted by Gasteiger charge is -2.25. The normalized spacial score (nSPS) is 17.9. The standard InChI is InChI=1S/C14H25NO6/c1-14(2,3)21-13(19)15-10(11(16)12(17)18)8-20-7-6-9-4-5-9/h9-11,16H,4-8H2,1-3H3,(H,15,19)(H,17,18)/t10-,11?/m0/s1. The molecule has 2 atom stereocenters. The molecule has 1 rings (SSSR count). The van der Waals surface area contributed by atoms with Gasteiger partial charge in [0.05, 0.1) is 12.6 Å². The van der Waals surface area contributed by atoms with Gasteiger partial charge in [0.25, 0.3) is 0 Å². The van der Waals surface area contributed by atoms with E-state index in [1.807, 2.05) is 0 Å². The summed E-state index contributed by atoms with van der Waals surface area (Å²) in [5, 5.41) is 20.8. The van der Waals surface area contributed by atoms with Gasteiger partial charge in [-0.05, 0) is 33.1 Å². The lowest BCUT2D eigenvalue weighted by molar-refractivity contribution is -0.149. The molecule has 1 amide bonds. The van der Waals surface area contributed by atoms with Crippen molar-refractivity contribution in [3.8, 4) is 0 Å². The molecule has 0 aromatic rings. The fourth-order valence-corrected chi connectivity index (χ4v) is 1.71. The van der Waals surface area contributed by atoms with Gasteiger partial charge in [-0.2, -0.15) is 0 Å². The number of aliphatic hydroxyl groups excluding tert-OH is 1. The second-order valence-corrected chi connectivity index (χ2v) is 6.34. The number of nitrogens with one attached hydrogen (secondary N) is 1. The molecule has 0 radical (unpaired) electrons. The van der Waals surface area contributed by atoms with Crippen LogP contribution in [0, 0.1) is 5.92 Å². The summed E-state index contributed by atoms with van der Waals surface area (Å²) in [6, 6.07) is -1.04. The number of alkyl carbamates (subject to hydrolysis) is 1. The summed E-state index contributed by atoms with van der Waals surface area (Å²) in [6.45, 7) is 5.51. The van der Waals surface area contributed by atoms with E-state index in [0.29, 0.717) is 12.5 Å². The van der Waals surface area contributed by atoms with Crippen molar-refractivity contribution in [2.75, 3.05) is 13.2 Å². The van der Waals surface area contributed by atoms with Gasteiger partial charge in [-0.25, -0.2) is 9.59 Å². The Bertz CT molecular complexity index is 361. The Labute approximate surface area is 124 Å². The van der Waals surface area contributed by atoms with E-state index in [1.54, 1.807) is 20.8 Å². The maximum Gasteiger partial charge on any atom is 0.408 e. The third-order valence-electron chi connectivity index (χ3n) is 3.00. The minimum absolute atomic E-state index is 0.0700. The number of hydrogen-bond donors (Lipinski definition) is 3. The Hall–Kier alpha value is -1.34. The third kappa shape index (κ3) is 7.87. The van der Waals surface area contributed by atoms with Crippen LogP contribution >= 0.6 is 0 Å². The molecule has 1 fully saturated rings. The van der Waals surface area contributed by atoms with Gasteiger partial charge in [-0.1, -0.05) is 12.8 Å². The molecule has 0 aromatic heterocycles. The number of carbonyl (C=O) groups excluding carboxylic acids is 1. The van der Waals surface area contributed by atoms with Gasteiger partial charge in [0.1, 0.15) is 5.60 Å². The number of rotatable bonds is 8. The van der Waals surface area contributed by atoms with Gasteiger partial charge in [-0.15, -0.1) is 0 Å². The maximum absolute atomic E-state index is 11.7. The first-order valence-electron chi connectivity index (χ1n) is 7.17. The quantitative estimate of drug-likeness (QED) is 0.581. The van der Waals surface area contributed by atoms with Crippen molar-refractivity contribution >= 4 is 12.1 Å². The molecule has 1 unspecified atom stereocenters. The van der Waals surface area contributed by atoms with Crippen molar-refractivity contribution in [1.82, 2.24) is 5.32 Å². The van der Waals surface area contributed by atoms with Crippen LogP contribution in [0.1, 0.15) is 40.0 Å². The molecule has 0 saturated heterocycles. The molecular weight excluding hydrogens is 278 g/mol. The second kappa shape index (κ2) is 7.61. The summed E-state index contributed by atoms with van der Waals surface area (Å²) >= 11 is 0. The highest BCUT2D eigenvalue weighted by molar-refractivity contribution is 5.75. The van der Waals surface area contributed by atoms with Crippen LogP contribution < -0.4 is 5.32 Å². The van der Waals surface area contributed by atoms with Crippen molar-refractivity contribution in [3.63, 3.8) is 0 Å². The summed E-state index contributed by atoms with van der Waals surface area (Å²) in [6.07, 6.45) is 0.820. The van der Waals surface area contributed by atoms with E-state index in [1.165, 1.54) is 12.8 Å². The number of amides is 1. The molecular formula is C14H25NO6. The molecule has 3 N–H and O–H groups in total. The highest BCUT2D eigenvalue weighted by Gasteiger charge is 2.29. The van der Waals surface area contributed by atoms with Crippen LogP contribution in [0.2, 0.25) is 0 Å². The van der Waals surface area contributed by atoms with Gasteiger partial charge in [-0.3, -0.25) is 0 Å². The zero-order valence-corrected chi connectivity index (χ0v) is 12.8. The Balaban J connectivity index is 2.42. The van der Waals surface area contributed by atoms with Crippen LogP contribution in [0.15, 0.2) is 0 Å². The van der Waals surface area contributed by atoms with Crippen molar-refractivity contribution in [1.29, 1.82) is 0 Å². The molecule has 122 valence electrons. The van der Waals surface area contributed by atoms with E-state index in [4.69, 9.17) is 14.6 Å². The highest BCUT2D eigenvalue weighted by Crippen LogP contribution is 2.32. The first-order valence-corrected chi connectivity index (χ1v) is 7.17. The van der Waals surface area contributed by atoms with Crippen molar-refractivity contribution in [2.45, 2.75) is 57.8 Å². The number of carbonyl (C=O) groups is 2. The molecule has 0 aromatic carbocycles. The summed E-state index contributed by atoms with van der Waals surface area (Å²) in [7, 11) is 0. The third-order valence-corrected chi connectivity index (χ3v) is 3.00. The van der Waals surface area contributed by atoms with Crippen LogP contribution in [0.4, 0.5) is 4.79 Å². The second-order valence-electron chi connectivity index (χ2n) is 6.34.